The summed E-state index contributed by atoms with van der Waals surface area (Å²) in [5, 5.41) is 8.47. The SMILES string of the molecule is CCCC(C)N(C(C)CCC)C(C)CCC.O=C(O)c1ccc(I)cc1. The van der Waals surface area contributed by atoms with Crippen LogP contribution in [0, 0.1) is 3.57 Å². The second kappa shape index (κ2) is 14.4. The van der Waals surface area contributed by atoms with Crippen LogP contribution in [0.25, 0.3) is 0 Å². The van der Waals surface area contributed by atoms with E-state index in [9.17, 15) is 4.79 Å². The highest BCUT2D eigenvalue weighted by molar-refractivity contribution is 14.1. The maximum absolute atomic E-state index is 10.3. The summed E-state index contributed by atoms with van der Waals surface area (Å²) in [6.45, 7) is 14.1. The maximum atomic E-state index is 10.3. The molecule has 0 saturated heterocycles. The van der Waals surface area contributed by atoms with Gasteiger partial charge in [-0.25, -0.2) is 4.79 Å². The topological polar surface area (TPSA) is 40.5 Å². The lowest BCUT2D eigenvalue weighted by molar-refractivity contribution is 0.0697. The molecule has 0 heterocycles. The van der Waals surface area contributed by atoms with Gasteiger partial charge in [-0.05, 0) is 86.9 Å². The van der Waals surface area contributed by atoms with Gasteiger partial charge in [0.2, 0.25) is 0 Å². The highest BCUT2D eigenvalue weighted by Crippen LogP contribution is 2.20. The van der Waals surface area contributed by atoms with Gasteiger partial charge in [-0.2, -0.15) is 0 Å². The van der Waals surface area contributed by atoms with E-state index in [1.54, 1.807) is 24.3 Å². The van der Waals surface area contributed by atoms with E-state index in [0.717, 1.165) is 21.7 Å². The van der Waals surface area contributed by atoms with Gasteiger partial charge in [0.25, 0.3) is 0 Å². The summed E-state index contributed by atoms with van der Waals surface area (Å²) in [4.78, 5) is 13.1. The van der Waals surface area contributed by atoms with Gasteiger partial charge in [0.05, 0.1) is 5.56 Å². The molecule has 1 N–H and O–H groups in total. The van der Waals surface area contributed by atoms with Crippen molar-refractivity contribution in [2.24, 2.45) is 0 Å². The Kier molecular flexibility index (Phi) is 14.1. The lowest BCUT2D eigenvalue weighted by atomic mass is 10.0. The van der Waals surface area contributed by atoms with Gasteiger partial charge in [-0.3, -0.25) is 4.90 Å². The maximum Gasteiger partial charge on any atom is 0.335 e. The van der Waals surface area contributed by atoms with Gasteiger partial charge in [-0.1, -0.05) is 40.0 Å². The third-order valence-corrected chi connectivity index (χ3v) is 5.46. The minimum absolute atomic E-state index is 0.334. The van der Waals surface area contributed by atoms with Crippen LogP contribution in [0.4, 0.5) is 0 Å². The first-order valence-electron chi connectivity index (χ1n) is 10.0. The summed E-state index contributed by atoms with van der Waals surface area (Å²) < 4.78 is 1.04. The average Bonchev–Trinajstić information content (AvgIpc) is 2.56. The third kappa shape index (κ3) is 9.91. The number of aromatic carboxylic acids is 1. The Bertz CT molecular complexity index is 461. The number of carboxylic acid groups (broad SMARTS) is 1. The lowest BCUT2D eigenvalue weighted by Gasteiger charge is -2.39. The molecule has 0 spiro atoms. The molecule has 0 aliphatic carbocycles. The van der Waals surface area contributed by atoms with Crippen LogP contribution >= 0.6 is 22.6 Å². The molecule has 0 bridgehead atoms. The average molecular weight is 475 g/mol. The number of nitrogens with zero attached hydrogens (tertiary/aromatic N) is 1. The fraction of sp³-hybridized carbons (Fsp3) is 0.682. The molecule has 150 valence electrons. The Morgan fingerprint density at radius 1 is 0.885 bits per heavy atom. The molecule has 0 fully saturated rings. The summed E-state index contributed by atoms with van der Waals surface area (Å²) >= 11 is 2.13. The Labute approximate surface area is 174 Å². The summed E-state index contributed by atoms with van der Waals surface area (Å²) in [5.41, 5.74) is 0.334. The predicted molar refractivity (Wildman–Crippen MR) is 121 cm³/mol. The van der Waals surface area contributed by atoms with E-state index in [0.29, 0.717) is 5.56 Å². The number of rotatable bonds is 10. The van der Waals surface area contributed by atoms with Crippen molar-refractivity contribution in [2.75, 3.05) is 0 Å². The highest BCUT2D eigenvalue weighted by Gasteiger charge is 2.23. The predicted octanol–water partition coefficient (Wildman–Crippen LogP) is 6.84. The number of hydrogen-bond donors (Lipinski definition) is 1. The van der Waals surface area contributed by atoms with Gasteiger partial charge < -0.3 is 5.11 Å². The smallest absolute Gasteiger partial charge is 0.335 e. The van der Waals surface area contributed by atoms with E-state index in [4.69, 9.17) is 5.11 Å². The standard InChI is InChI=1S/C15H33N.C7H5IO2/c1-7-10-13(4)16(14(5)11-8-2)15(6)12-9-3;8-6-3-1-5(2-4-6)7(9)10/h13-15H,7-12H2,1-6H3;1-4H,(H,9,10). The van der Waals surface area contributed by atoms with Crippen LogP contribution in [-0.2, 0) is 0 Å². The second-order valence-electron chi connectivity index (χ2n) is 7.17. The van der Waals surface area contributed by atoms with Gasteiger partial charge in [0.1, 0.15) is 0 Å². The van der Waals surface area contributed by atoms with E-state index >= 15 is 0 Å². The molecule has 26 heavy (non-hydrogen) atoms. The molecule has 3 nitrogen and oxygen atoms in total. The fourth-order valence-electron chi connectivity index (χ4n) is 3.60. The monoisotopic (exact) mass is 475 g/mol. The Morgan fingerprint density at radius 3 is 1.50 bits per heavy atom. The first-order valence-corrected chi connectivity index (χ1v) is 11.1. The van der Waals surface area contributed by atoms with E-state index < -0.39 is 5.97 Å². The molecule has 4 heteroatoms. The zero-order valence-electron chi connectivity index (χ0n) is 17.5. The minimum Gasteiger partial charge on any atom is -0.478 e. The summed E-state index contributed by atoms with van der Waals surface area (Å²) in [6, 6.07) is 8.94. The number of halogens is 1. The molecular weight excluding hydrogens is 437 g/mol. The van der Waals surface area contributed by atoms with Crippen LogP contribution < -0.4 is 0 Å². The van der Waals surface area contributed by atoms with Crippen molar-refractivity contribution in [3.8, 4) is 0 Å². The zero-order valence-corrected chi connectivity index (χ0v) is 19.6. The molecule has 3 atom stereocenters. The number of benzene rings is 1. The van der Waals surface area contributed by atoms with Gasteiger partial charge in [0, 0.05) is 21.7 Å². The highest BCUT2D eigenvalue weighted by atomic mass is 127. The zero-order chi connectivity index (χ0) is 20.1. The van der Waals surface area contributed by atoms with Crippen LogP contribution in [-0.4, -0.2) is 34.1 Å². The van der Waals surface area contributed by atoms with Crippen molar-refractivity contribution in [1.29, 1.82) is 0 Å². The number of hydrogen-bond acceptors (Lipinski definition) is 2. The van der Waals surface area contributed by atoms with Crippen LogP contribution in [0.3, 0.4) is 0 Å². The fourth-order valence-corrected chi connectivity index (χ4v) is 3.96. The molecule has 0 aliphatic heterocycles. The number of carbonyl (C=O) groups is 1. The first kappa shape index (κ1) is 25.4. The first-order chi connectivity index (χ1) is 12.3. The normalized spacial score (nSPS) is 14.3. The molecule has 3 unspecified atom stereocenters. The molecule has 1 rings (SSSR count). The molecule has 0 aliphatic rings. The van der Waals surface area contributed by atoms with Gasteiger partial charge in [-0.15, -0.1) is 0 Å². The molecule has 0 radical (unpaired) electrons. The molecule has 1 aromatic rings. The molecule has 0 amide bonds. The van der Waals surface area contributed by atoms with Crippen molar-refractivity contribution in [3.63, 3.8) is 0 Å². The Hall–Kier alpha value is -0.620. The van der Waals surface area contributed by atoms with Crippen molar-refractivity contribution in [3.05, 3.63) is 33.4 Å². The van der Waals surface area contributed by atoms with Gasteiger partial charge in [0.15, 0.2) is 0 Å². The minimum atomic E-state index is -0.878. The third-order valence-electron chi connectivity index (χ3n) is 4.74. The summed E-state index contributed by atoms with van der Waals surface area (Å²) in [5.74, 6) is -0.878. The van der Waals surface area contributed by atoms with E-state index in [-0.39, 0.29) is 0 Å². The van der Waals surface area contributed by atoms with E-state index in [2.05, 4.69) is 69.0 Å². The summed E-state index contributed by atoms with van der Waals surface area (Å²) in [7, 11) is 0. The molecule has 0 saturated carbocycles. The molecule has 1 aromatic carbocycles. The van der Waals surface area contributed by atoms with Crippen molar-refractivity contribution in [2.45, 2.75) is 98.2 Å². The van der Waals surface area contributed by atoms with E-state index in [1.165, 1.54) is 38.5 Å². The van der Waals surface area contributed by atoms with Crippen LogP contribution in [0.15, 0.2) is 24.3 Å². The molecular formula is C22H38INO2. The van der Waals surface area contributed by atoms with Crippen molar-refractivity contribution in [1.82, 2.24) is 4.90 Å². The second-order valence-corrected chi connectivity index (χ2v) is 8.42. The molecule has 0 aromatic heterocycles. The van der Waals surface area contributed by atoms with Crippen LogP contribution in [0.5, 0.6) is 0 Å². The Morgan fingerprint density at radius 2 is 1.23 bits per heavy atom. The van der Waals surface area contributed by atoms with Crippen molar-refractivity contribution < 1.29 is 9.90 Å². The van der Waals surface area contributed by atoms with Crippen molar-refractivity contribution >= 4 is 28.6 Å². The largest absolute Gasteiger partial charge is 0.478 e. The lowest BCUT2D eigenvalue weighted by Crippen LogP contribution is -2.46. The summed E-state index contributed by atoms with van der Waals surface area (Å²) in [6.07, 6.45) is 7.91. The van der Waals surface area contributed by atoms with Crippen LogP contribution in [0.2, 0.25) is 0 Å². The Balaban J connectivity index is 0.000000531. The van der Waals surface area contributed by atoms with Gasteiger partial charge >= 0.3 is 5.97 Å². The quantitative estimate of drug-likeness (QED) is 0.377. The number of carboxylic acids is 1. The van der Waals surface area contributed by atoms with E-state index in [1.807, 2.05) is 0 Å². The van der Waals surface area contributed by atoms with Crippen LogP contribution in [0.1, 0.15) is 90.4 Å².